The number of ether oxygens (including phenoxy) is 3. The van der Waals surface area contributed by atoms with Crippen molar-refractivity contribution in [3.05, 3.63) is 145 Å². The Morgan fingerprint density at radius 3 is 1.51 bits per heavy atom. The Balaban J connectivity index is 1.56. The fraction of sp³-hybridized carbons (Fsp3) is 0.256. The molecule has 5 aromatic rings. The van der Waals surface area contributed by atoms with E-state index >= 15 is 0 Å². The van der Waals surface area contributed by atoms with Crippen LogP contribution in [0.4, 0.5) is 0 Å². The molecule has 0 aromatic heterocycles. The van der Waals surface area contributed by atoms with Crippen LogP contribution in [0.15, 0.2) is 138 Å². The van der Waals surface area contributed by atoms with E-state index in [1.54, 1.807) is 21.3 Å². The quantitative estimate of drug-likeness (QED) is 0.0823. The molecule has 0 fully saturated rings. The van der Waals surface area contributed by atoms with Gasteiger partial charge in [-0.25, -0.2) is 0 Å². The molecule has 0 saturated carbocycles. The van der Waals surface area contributed by atoms with Crippen molar-refractivity contribution in [3.63, 3.8) is 0 Å². The number of carbonyl (C=O) groups excluding carboxylic acids is 1. The lowest BCUT2D eigenvalue weighted by Crippen LogP contribution is -2.56. The number of hydrogen-bond donors (Lipinski definition) is 3. The smallest absolute Gasteiger partial charge is 0.243 e. The number of hydrogen-bond acceptors (Lipinski definition) is 6. The third-order valence-electron chi connectivity index (χ3n) is 9.04. The third-order valence-corrected chi connectivity index (χ3v) is 13.0. The second-order valence-corrected chi connectivity index (χ2v) is 17.1. The molecule has 0 aliphatic heterocycles. The minimum Gasteiger partial charge on any atom is -0.497 e. The third kappa shape index (κ3) is 9.86. The van der Waals surface area contributed by atoms with Gasteiger partial charge in [0.2, 0.25) is 5.91 Å². The zero-order valence-corrected chi connectivity index (χ0v) is 32.9. The minimum atomic E-state index is -2.68. The molecular weight excluding hydrogens is 700 g/mol. The van der Waals surface area contributed by atoms with Gasteiger partial charge in [0, 0.05) is 22.5 Å². The highest BCUT2D eigenvalue weighted by atomic mass is 32.1. The largest absolute Gasteiger partial charge is 0.497 e. The van der Waals surface area contributed by atoms with Crippen LogP contribution in [0.1, 0.15) is 37.9 Å². The van der Waals surface area contributed by atoms with Gasteiger partial charge in [-0.1, -0.05) is 81.4 Å². The van der Waals surface area contributed by atoms with Gasteiger partial charge in [-0.15, -0.1) is 0 Å². The molecule has 0 radical (unpaired) electrons. The topological polar surface area (TPSA) is 93.2 Å². The summed E-state index contributed by atoms with van der Waals surface area (Å²) in [5, 5.41) is 13.5. The fourth-order valence-electron chi connectivity index (χ4n) is 6.10. The Labute approximate surface area is 319 Å². The highest BCUT2D eigenvalue weighted by molar-refractivity contribution is 7.87. The average Bonchev–Trinajstić information content (AvgIpc) is 3.19. The summed E-state index contributed by atoms with van der Waals surface area (Å²) >= 11 is 5.97. The summed E-state index contributed by atoms with van der Waals surface area (Å²) in [7, 11) is 2.32. The van der Waals surface area contributed by atoms with Gasteiger partial charge in [-0.3, -0.25) is 9.54 Å². The number of carbonyl (C=O) groups is 1. The highest BCUT2D eigenvalue weighted by Crippen LogP contribution is 2.48. The summed E-state index contributed by atoms with van der Waals surface area (Å²) in [4.78, 5) is 13.6. The SMILES string of the molecule is COc1ccc(P(=NC[C@@H](NC(=S)N[C@@H](C(=O)NCc2ccccc2)C(C)(C)C)c2ccccc2)(c2ccc(OC)cc2)c2ccc(OC)cc2)cc1. The zero-order valence-electron chi connectivity index (χ0n) is 31.2. The number of benzene rings is 5. The summed E-state index contributed by atoms with van der Waals surface area (Å²) in [6, 6.07) is 43.6. The summed E-state index contributed by atoms with van der Waals surface area (Å²) in [5.74, 6) is 2.16. The molecule has 53 heavy (non-hydrogen) atoms. The van der Waals surface area contributed by atoms with Gasteiger partial charge in [-0.2, -0.15) is 0 Å². The van der Waals surface area contributed by atoms with E-state index in [2.05, 4.69) is 64.5 Å². The van der Waals surface area contributed by atoms with Crippen LogP contribution in [0, 0.1) is 5.41 Å². The summed E-state index contributed by atoms with van der Waals surface area (Å²) < 4.78 is 22.4. The molecule has 2 atom stereocenters. The summed E-state index contributed by atoms with van der Waals surface area (Å²) in [6.07, 6.45) is 0. The number of amides is 1. The van der Waals surface area contributed by atoms with Crippen molar-refractivity contribution in [1.29, 1.82) is 0 Å². The molecule has 0 aliphatic rings. The van der Waals surface area contributed by atoms with Gasteiger partial charge >= 0.3 is 0 Å². The molecular formula is C43H49N4O4PS. The van der Waals surface area contributed by atoms with E-state index < -0.39 is 18.5 Å². The fourth-order valence-corrected chi connectivity index (χ4v) is 9.90. The van der Waals surface area contributed by atoms with Gasteiger partial charge in [0.1, 0.15) is 23.3 Å². The lowest BCUT2D eigenvalue weighted by atomic mass is 9.86. The molecule has 0 unspecified atom stereocenters. The van der Waals surface area contributed by atoms with Crippen LogP contribution in [0.5, 0.6) is 17.2 Å². The van der Waals surface area contributed by atoms with Crippen molar-refractivity contribution in [2.75, 3.05) is 27.9 Å². The predicted molar refractivity (Wildman–Crippen MR) is 222 cm³/mol. The lowest BCUT2D eigenvalue weighted by molar-refractivity contribution is -0.125. The Kier molecular flexibility index (Phi) is 13.3. The Hall–Kier alpha value is -5.11. The second-order valence-electron chi connectivity index (χ2n) is 13.6. The standard InChI is InChI=1S/C43H49N4O4PS/c1-43(2,3)40(41(48)44-29-31-13-9-7-10-14-31)47-42(53)46-39(32-15-11-8-12-16-32)30-45-52(36-23-17-33(49-4)18-24-36,37-25-19-34(50-5)20-26-37)38-27-21-35(51-6)22-28-38/h7-28,39-40H,29-30H2,1-6H3,(H,44,48)(H2,46,47,53)/t39-,40+/m1/s1. The molecule has 0 heterocycles. The van der Waals surface area contributed by atoms with Gasteiger partial charge in [-0.05, 0) is 102 Å². The molecule has 8 nitrogen and oxygen atoms in total. The molecule has 3 N–H and O–H groups in total. The lowest BCUT2D eigenvalue weighted by Gasteiger charge is -2.33. The van der Waals surface area contributed by atoms with E-state index in [-0.39, 0.29) is 11.9 Å². The molecule has 5 aromatic carbocycles. The Morgan fingerprint density at radius 1 is 0.660 bits per heavy atom. The van der Waals surface area contributed by atoms with Crippen molar-refractivity contribution in [3.8, 4) is 17.2 Å². The number of thiocarbonyl (C=S) groups is 1. The molecule has 1 amide bonds. The van der Waals surface area contributed by atoms with Gasteiger partial charge in [0.25, 0.3) is 0 Å². The first-order chi connectivity index (χ1) is 25.6. The molecule has 5 rings (SSSR count). The summed E-state index contributed by atoms with van der Waals surface area (Å²) in [6.45, 7) is 6.86. The molecule has 0 aliphatic carbocycles. The maximum atomic E-state index is 13.6. The van der Waals surface area contributed by atoms with E-state index in [0.29, 0.717) is 18.2 Å². The van der Waals surface area contributed by atoms with Crippen molar-refractivity contribution < 1.29 is 19.0 Å². The normalized spacial score (nSPS) is 12.5. The van der Waals surface area contributed by atoms with E-state index in [1.165, 1.54) is 0 Å². The van der Waals surface area contributed by atoms with Crippen LogP contribution < -0.4 is 46.1 Å². The van der Waals surface area contributed by atoms with Gasteiger partial charge in [0.15, 0.2) is 5.11 Å². The first-order valence-corrected chi connectivity index (χ1v) is 19.7. The Bertz CT molecular complexity index is 1860. The number of methoxy groups -OCH3 is 3. The maximum Gasteiger partial charge on any atom is 0.243 e. The van der Waals surface area contributed by atoms with E-state index in [1.807, 2.05) is 106 Å². The zero-order chi connectivity index (χ0) is 37.8. The van der Waals surface area contributed by atoms with Crippen molar-refractivity contribution in [2.24, 2.45) is 10.2 Å². The van der Waals surface area contributed by atoms with Gasteiger partial charge in [0.05, 0.1) is 41.0 Å². The predicted octanol–water partition coefficient (Wildman–Crippen LogP) is 7.13. The van der Waals surface area contributed by atoms with Crippen molar-refractivity contribution in [2.45, 2.75) is 39.4 Å². The van der Waals surface area contributed by atoms with Crippen LogP contribution in [-0.4, -0.2) is 44.9 Å². The van der Waals surface area contributed by atoms with Crippen LogP contribution in [-0.2, 0) is 11.3 Å². The second kappa shape index (κ2) is 18.1. The molecule has 0 spiro atoms. The first-order valence-electron chi connectivity index (χ1n) is 17.5. The van der Waals surface area contributed by atoms with Gasteiger partial charge < -0.3 is 30.2 Å². The number of rotatable bonds is 14. The highest BCUT2D eigenvalue weighted by Gasteiger charge is 2.33. The van der Waals surface area contributed by atoms with E-state index in [0.717, 1.165) is 44.3 Å². The molecule has 10 heteroatoms. The summed E-state index contributed by atoms with van der Waals surface area (Å²) in [5.41, 5.74) is 1.60. The Morgan fingerprint density at radius 2 is 1.09 bits per heavy atom. The minimum absolute atomic E-state index is 0.130. The van der Waals surface area contributed by atoms with Crippen LogP contribution in [0.25, 0.3) is 0 Å². The molecule has 0 saturated heterocycles. The average molecular weight is 749 g/mol. The number of nitrogens with zero attached hydrogens (tertiary/aromatic N) is 1. The maximum absolute atomic E-state index is 13.6. The monoisotopic (exact) mass is 748 g/mol. The van der Waals surface area contributed by atoms with Crippen LogP contribution in [0.3, 0.4) is 0 Å². The van der Waals surface area contributed by atoms with E-state index in [9.17, 15) is 4.79 Å². The van der Waals surface area contributed by atoms with Crippen molar-refractivity contribution >= 4 is 46.2 Å². The number of nitrogens with one attached hydrogen (secondary N) is 3. The van der Waals surface area contributed by atoms with E-state index in [4.69, 9.17) is 31.2 Å². The molecule has 0 bridgehead atoms. The molecule has 276 valence electrons. The van der Waals surface area contributed by atoms with Crippen LogP contribution >= 0.6 is 19.3 Å². The first kappa shape index (κ1) is 39.1. The van der Waals surface area contributed by atoms with Crippen LogP contribution in [0.2, 0.25) is 0 Å². The van der Waals surface area contributed by atoms with Crippen molar-refractivity contribution in [1.82, 2.24) is 16.0 Å².